The van der Waals surface area contributed by atoms with Crippen LogP contribution >= 0.6 is 0 Å². The minimum atomic E-state index is -3.60. The van der Waals surface area contributed by atoms with Crippen molar-refractivity contribution in [2.75, 3.05) is 40.0 Å². The van der Waals surface area contributed by atoms with Gasteiger partial charge in [0.1, 0.15) is 11.6 Å². The van der Waals surface area contributed by atoms with Crippen molar-refractivity contribution in [3.8, 4) is 5.75 Å². The summed E-state index contributed by atoms with van der Waals surface area (Å²) in [5.74, 6) is -0.266. The predicted molar refractivity (Wildman–Crippen MR) is 109 cm³/mol. The van der Waals surface area contributed by atoms with Crippen molar-refractivity contribution in [3.63, 3.8) is 0 Å². The first kappa shape index (κ1) is 22.2. The molecule has 0 atom stereocenters. The smallest absolute Gasteiger partial charge is 0.260 e. The van der Waals surface area contributed by atoms with Crippen molar-refractivity contribution < 1.29 is 27.1 Å². The Morgan fingerprint density at radius 3 is 2.57 bits per heavy atom. The molecule has 1 aliphatic heterocycles. The molecule has 0 aliphatic carbocycles. The molecule has 0 N–H and O–H groups in total. The highest BCUT2D eigenvalue weighted by Crippen LogP contribution is 2.24. The molecule has 0 unspecified atom stereocenters. The van der Waals surface area contributed by atoms with Gasteiger partial charge in [-0.1, -0.05) is 18.2 Å². The average molecular weight is 437 g/mol. The van der Waals surface area contributed by atoms with E-state index in [-0.39, 0.29) is 29.8 Å². The zero-order valence-electron chi connectivity index (χ0n) is 17.0. The molecule has 1 amide bonds. The molecule has 3 rings (SSSR count). The minimum absolute atomic E-state index is 0.130. The van der Waals surface area contributed by atoms with Crippen LogP contribution < -0.4 is 4.74 Å². The van der Waals surface area contributed by atoms with Crippen LogP contribution in [-0.4, -0.2) is 63.5 Å². The summed E-state index contributed by atoms with van der Waals surface area (Å²) in [4.78, 5) is 13.9. The highest BCUT2D eigenvalue weighted by Gasteiger charge is 2.26. The third kappa shape index (κ3) is 5.16. The number of ether oxygens (including phenoxy) is 2. The number of nitrogens with zero attached hydrogens (tertiary/aromatic N) is 2. The van der Waals surface area contributed by atoms with E-state index in [9.17, 15) is 17.6 Å². The van der Waals surface area contributed by atoms with Crippen molar-refractivity contribution in [1.82, 2.24) is 9.21 Å². The molecule has 9 heteroatoms. The lowest BCUT2D eigenvalue weighted by Gasteiger charge is -2.26. The number of likely N-dealkylation sites (N-methyl/N-ethyl adjacent to an activating group) is 1. The molecule has 1 heterocycles. The molecule has 7 nitrogen and oxygen atoms in total. The molecule has 0 spiro atoms. The lowest BCUT2D eigenvalue weighted by molar-refractivity contribution is -0.132. The topological polar surface area (TPSA) is 76.1 Å². The van der Waals surface area contributed by atoms with Gasteiger partial charge in [0.05, 0.1) is 18.1 Å². The van der Waals surface area contributed by atoms with Crippen molar-refractivity contribution in [3.05, 3.63) is 59.4 Å². The Morgan fingerprint density at radius 2 is 1.90 bits per heavy atom. The van der Waals surface area contributed by atoms with E-state index in [1.165, 1.54) is 27.4 Å². The first-order valence-corrected chi connectivity index (χ1v) is 11.0. The largest absolute Gasteiger partial charge is 0.483 e. The van der Waals surface area contributed by atoms with E-state index in [0.29, 0.717) is 43.2 Å². The summed E-state index contributed by atoms with van der Waals surface area (Å²) < 4.78 is 51.4. The van der Waals surface area contributed by atoms with E-state index < -0.39 is 10.0 Å². The van der Waals surface area contributed by atoms with Crippen molar-refractivity contribution >= 4 is 15.9 Å². The van der Waals surface area contributed by atoms with Crippen LogP contribution in [0.3, 0.4) is 0 Å². The second-order valence-electron chi connectivity index (χ2n) is 7.07. The van der Waals surface area contributed by atoms with Gasteiger partial charge >= 0.3 is 0 Å². The number of sulfonamides is 1. The molecular formula is C21H25FN2O5S. The molecule has 0 radical (unpaired) electrons. The summed E-state index contributed by atoms with van der Waals surface area (Å²) in [5, 5.41) is 0. The Morgan fingerprint density at radius 1 is 1.20 bits per heavy atom. The van der Waals surface area contributed by atoms with Crippen molar-refractivity contribution in [2.24, 2.45) is 0 Å². The molecular weight excluding hydrogens is 411 g/mol. The fourth-order valence-electron chi connectivity index (χ4n) is 3.10. The molecule has 0 saturated carbocycles. The maximum atomic E-state index is 13.8. The van der Waals surface area contributed by atoms with Gasteiger partial charge in [-0.2, -0.15) is 4.31 Å². The van der Waals surface area contributed by atoms with E-state index in [4.69, 9.17) is 9.47 Å². The standard InChI is InChI=1S/C21H25FN2O5S/c1-16-13-18(30(26,27)24-9-11-28-12-10-24)7-8-20(16)29-15-21(25)23(2)14-17-5-3-4-6-19(17)22/h3-8,13H,9-12,14-15H2,1-2H3. The number of halogens is 1. The Bertz CT molecular complexity index is 1010. The number of morpholine rings is 1. The van der Waals surface area contributed by atoms with Gasteiger partial charge in [0.25, 0.3) is 5.91 Å². The lowest BCUT2D eigenvalue weighted by Crippen LogP contribution is -2.40. The molecule has 1 fully saturated rings. The van der Waals surface area contributed by atoms with Gasteiger partial charge in [-0.25, -0.2) is 12.8 Å². The summed E-state index contributed by atoms with van der Waals surface area (Å²) >= 11 is 0. The number of carbonyl (C=O) groups excluding carboxylic acids is 1. The monoisotopic (exact) mass is 436 g/mol. The van der Waals surface area contributed by atoms with Gasteiger partial charge < -0.3 is 14.4 Å². The SMILES string of the molecule is Cc1cc(S(=O)(=O)N2CCOCC2)ccc1OCC(=O)N(C)Cc1ccccc1F. The summed E-state index contributed by atoms with van der Waals surface area (Å²) in [6.45, 7) is 3.02. The second kappa shape index (κ2) is 9.55. The lowest BCUT2D eigenvalue weighted by atomic mass is 10.2. The minimum Gasteiger partial charge on any atom is -0.483 e. The Hall–Kier alpha value is -2.49. The number of carbonyl (C=O) groups is 1. The molecule has 0 bridgehead atoms. The van der Waals surface area contributed by atoms with Gasteiger partial charge in [-0.3, -0.25) is 4.79 Å². The van der Waals surface area contributed by atoms with E-state index in [2.05, 4.69) is 0 Å². The summed E-state index contributed by atoms with van der Waals surface area (Å²) in [6, 6.07) is 10.8. The average Bonchev–Trinajstić information content (AvgIpc) is 2.74. The zero-order chi connectivity index (χ0) is 21.7. The highest BCUT2D eigenvalue weighted by molar-refractivity contribution is 7.89. The molecule has 30 heavy (non-hydrogen) atoms. The van der Waals surface area contributed by atoms with Crippen LogP contribution in [0.15, 0.2) is 47.4 Å². The number of aryl methyl sites for hydroxylation is 1. The van der Waals surface area contributed by atoms with Crippen LogP contribution in [0.2, 0.25) is 0 Å². The van der Waals surface area contributed by atoms with E-state index in [1.54, 1.807) is 38.2 Å². The van der Waals surface area contributed by atoms with Crippen LogP contribution in [-0.2, 0) is 26.1 Å². The van der Waals surface area contributed by atoms with Crippen LogP contribution in [0.25, 0.3) is 0 Å². The molecule has 0 aromatic heterocycles. The number of benzene rings is 2. The predicted octanol–water partition coefficient (Wildman–Crippen LogP) is 2.19. The summed E-state index contributed by atoms with van der Waals surface area (Å²) in [7, 11) is -2.03. The molecule has 1 saturated heterocycles. The van der Waals surface area contributed by atoms with Gasteiger partial charge in [0.15, 0.2) is 6.61 Å². The fourth-order valence-corrected chi connectivity index (χ4v) is 4.59. The molecule has 2 aromatic rings. The number of hydrogen-bond acceptors (Lipinski definition) is 5. The van der Waals surface area contributed by atoms with Gasteiger partial charge in [0, 0.05) is 32.2 Å². The van der Waals surface area contributed by atoms with Gasteiger partial charge in [0.2, 0.25) is 10.0 Å². The normalized spacial score (nSPS) is 15.0. The summed E-state index contributed by atoms with van der Waals surface area (Å²) in [6.07, 6.45) is 0. The Kier molecular flexibility index (Phi) is 7.06. The second-order valence-corrected chi connectivity index (χ2v) is 9.01. The first-order chi connectivity index (χ1) is 14.3. The maximum Gasteiger partial charge on any atom is 0.260 e. The third-order valence-electron chi connectivity index (χ3n) is 4.90. The molecule has 1 aliphatic rings. The van der Waals surface area contributed by atoms with E-state index >= 15 is 0 Å². The quantitative estimate of drug-likeness (QED) is 0.665. The van der Waals surface area contributed by atoms with Crippen LogP contribution in [0, 0.1) is 12.7 Å². The van der Waals surface area contributed by atoms with E-state index in [0.717, 1.165) is 0 Å². The maximum absolute atomic E-state index is 13.8. The Balaban J connectivity index is 1.62. The van der Waals surface area contributed by atoms with Crippen molar-refractivity contribution in [1.29, 1.82) is 0 Å². The first-order valence-electron chi connectivity index (χ1n) is 9.58. The van der Waals surface area contributed by atoms with Gasteiger partial charge in [-0.15, -0.1) is 0 Å². The highest BCUT2D eigenvalue weighted by atomic mass is 32.2. The fraction of sp³-hybridized carbons (Fsp3) is 0.381. The van der Waals surface area contributed by atoms with E-state index in [1.807, 2.05) is 0 Å². The Labute approximate surface area is 176 Å². The summed E-state index contributed by atoms with van der Waals surface area (Å²) in [5.41, 5.74) is 1.02. The molecule has 2 aromatic carbocycles. The van der Waals surface area contributed by atoms with Crippen LogP contribution in [0.4, 0.5) is 4.39 Å². The number of rotatable bonds is 7. The third-order valence-corrected chi connectivity index (χ3v) is 6.79. The van der Waals surface area contributed by atoms with Crippen LogP contribution in [0.1, 0.15) is 11.1 Å². The molecule has 162 valence electrons. The van der Waals surface area contributed by atoms with Crippen LogP contribution in [0.5, 0.6) is 5.75 Å². The number of hydrogen-bond donors (Lipinski definition) is 0. The van der Waals surface area contributed by atoms with Crippen molar-refractivity contribution in [2.45, 2.75) is 18.4 Å². The zero-order valence-corrected chi connectivity index (χ0v) is 17.8. The number of amides is 1. The van der Waals surface area contributed by atoms with Gasteiger partial charge in [-0.05, 0) is 36.8 Å².